The lowest BCUT2D eigenvalue weighted by atomic mass is 9.43. The van der Waals surface area contributed by atoms with E-state index in [0.29, 0.717) is 29.6 Å². The van der Waals surface area contributed by atoms with Gasteiger partial charge >= 0.3 is 5.97 Å². The Morgan fingerprint density at radius 2 is 1.65 bits per heavy atom. The average Bonchev–Trinajstić information content (AvgIpc) is 3.01. The molecule has 4 fully saturated rings. The van der Waals surface area contributed by atoms with E-state index in [9.17, 15) is 15.0 Å². The normalized spacial score (nSPS) is 52.6. The van der Waals surface area contributed by atoms with Crippen LogP contribution in [-0.2, 0) is 4.79 Å². The van der Waals surface area contributed by atoms with Crippen LogP contribution in [0.25, 0.3) is 0 Å². The summed E-state index contributed by atoms with van der Waals surface area (Å²) >= 11 is 0. The van der Waals surface area contributed by atoms with Gasteiger partial charge in [0.15, 0.2) is 0 Å². The van der Waals surface area contributed by atoms with Gasteiger partial charge in [-0.15, -0.1) is 0 Å². The zero-order valence-electron chi connectivity index (χ0n) is 22.7. The Hall–Kier alpha value is -0.830. The smallest absolute Gasteiger partial charge is 0.310 e. The molecule has 10 atom stereocenters. The minimum atomic E-state index is -0.550. The molecule has 3 nitrogen and oxygen atoms in total. The maximum absolute atomic E-state index is 12.9. The first-order valence-electron chi connectivity index (χ1n) is 14.5. The van der Waals surface area contributed by atoms with Gasteiger partial charge in [-0.2, -0.15) is 0 Å². The van der Waals surface area contributed by atoms with Crippen molar-refractivity contribution in [3.63, 3.8) is 0 Å². The molecule has 0 aromatic rings. The molecule has 0 aromatic carbocycles. The molecule has 0 heterocycles. The van der Waals surface area contributed by atoms with Crippen molar-refractivity contribution in [2.45, 2.75) is 118 Å². The molecule has 5 aliphatic carbocycles. The first-order chi connectivity index (χ1) is 15.9. The standard InChI is InChI=1S/C31H50O3/c1-19-12-15-31(27(33)34)17-16-29(5)21-8-7-9-25-28(3,4)26(32)13-14-30(25,6)22(21)10-11-23(29)24(31)18-20(19)2/h11,19-22,24-26,32H,7-10,12-18H2,1-6H3,(H,33,34)/t19-,20-,21+,22+,24-,25?,26+,29+,30-,31+/m1/s1. The van der Waals surface area contributed by atoms with Crippen LogP contribution in [0.3, 0.4) is 0 Å². The number of hydrogen-bond donors (Lipinski definition) is 2. The van der Waals surface area contributed by atoms with Crippen molar-refractivity contribution < 1.29 is 15.0 Å². The number of aliphatic hydroxyl groups excluding tert-OH is 1. The lowest BCUT2D eigenvalue weighted by molar-refractivity contribution is -0.158. The third-order valence-electron chi connectivity index (χ3n) is 13.1. The van der Waals surface area contributed by atoms with Gasteiger partial charge in [0.2, 0.25) is 0 Å². The van der Waals surface area contributed by atoms with Gasteiger partial charge in [0.05, 0.1) is 11.5 Å². The average molecular weight is 471 g/mol. The summed E-state index contributed by atoms with van der Waals surface area (Å²) in [6.45, 7) is 14.5. The molecule has 4 saturated carbocycles. The Kier molecular flexibility index (Phi) is 5.91. The number of carbonyl (C=O) groups is 1. The zero-order chi connectivity index (χ0) is 24.7. The van der Waals surface area contributed by atoms with Gasteiger partial charge in [0, 0.05) is 0 Å². The number of carboxylic acid groups (broad SMARTS) is 1. The van der Waals surface area contributed by atoms with Crippen LogP contribution in [-0.4, -0.2) is 22.3 Å². The Balaban J connectivity index is 1.57. The zero-order valence-corrected chi connectivity index (χ0v) is 22.7. The van der Waals surface area contributed by atoms with Crippen molar-refractivity contribution in [2.24, 2.45) is 57.2 Å². The first-order valence-corrected chi connectivity index (χ1v) is 14.5. The van der Waals surface area contributed by atoms with Crippen molar-refractivity contribution >= 4 is 5.97 Å². The molecule has 0 saturated heterocycles. The molecule has 0 spiro atoms. The Labute approximate surface area is 208 Å². The van der Waals surface area contributed by atoms with Crippen molar-refractivity contribution in [3.05, 3.63) is 11.6 Å². The third-order valence-corrected chi connectivity index (χ3v) is 13.1. The second-order valence-corrected chi connectivity index (χ2v) is 14.6. The van der Waals surface area contributed by atoms with Crippen LogP contribution in [0, 0.1) is 57.2 Å². The predicted molar refractivity (Wildman–Crippen MR) is 137 cm³/mol. The van der Waals surface area contributed by atoms with Gasteiger partial charge in [-0.05, 0) is 116 Å². The van der Waals surface area contributed by atoms with E-state index in [-0.39, 0.29) is 28.3 Å². The van der Waals surface area contributed by atoms with Crippen LogP contribution < -0.4 is 0 Å². The maximum atomic E-state index is 12.9. The van der Waals surface area contributed by atoms with Crippen LogP contribution in [0.1, 0.15) is 112 Å². The summed E-state index contributed by atoms with van der Waals surface area (Å²) in [6, 6.07) is 0. The van der Waals surface area contributed by atoms with Gasteiger partial charge in [-0.1, -0.05) is 59.6 Å². The highest BCUT2D eigenvalue weighted by atomic mass is 16.4. The van der Waals surface area contributed by atoms with E-state index in [0.717, 1.165) is 51.4 Å². The molecule has 192 valence electrons. The summed E-state index contributed by atoms with van der Waals surface area (Å²) in [6.07, 6.45) is 14.2. The summed E-state index contributed by atoms with van der Waals surface area (Å²) in [4.78, 5) is 12.9. The van der Waals surface area contributed by atoms with E-state index >= 15 is 0 Å². The molecule has 0 aromatic heterocycles. The largest absolute Gasteiger partial charge is 0.481 e. The molecule has 0 bridgehead atoms. The number of allylic oxidation sites excluding steroid dienone is 2. The third kappa shape index (κ3) is 3.27. The summed E-state index contributed by atoms with van der Waals surface area (Å²) in [5.41, 5.74) is 1.37. The molecular weight excluding hydrogens is 420 g/mol. The van der Waals surface area contributed by atoms with E-state index < -0.39 is 11.4 Å². The number of hydrogen-bond acceptors (Lipinski definition) is 2. The fraction of sp³-hybridized carbons (Fsp3) is 0.903. The quantitative estimate of drug-likeness (QED) is 0.391. The molecule has 5 aliphatic rings. The molecule has 0 aliphatic heterocycles. The van der Waals surface area contributed by atoms with Gasteiger partial charge < -0.3 is 10.2 Å². The number of aliphatic carboxylic acids is 1. The van der Waals surface area contributed by atoms with Gasteiger partial charge in [-0.3, -0.25) is 4.79 Å². The number of aliphatic hydroxyl groups is 1. The summed E-state index contributed by atoms with van der Waals surface area (Å²) in [5.74, 6) is 2.75. The fourth-order valence-corrected chi connectivity index (χ4v) is 10.5. The predicted octanol–water partition coefficient (Wildman–Crippen LogP) is 7.48. The van der Waals surface area contributed by atoms with Gasteiger partial charge in [-0.25, -0.2) is 0 Å². The highest BCUT2D eigenvalue weighted by Crippen LogP contribution is 2.69. The minimum Gasteiger partial charge on any atom is -0.481 e. The lowest BCUT2D eigenvalue weighted by Crippen LogP contribution is -2.57. The lowest BCUT2D eigenvalue weighted by Gasteiger charge is -2.62. The highest BCUT2D eigenvalue weighted by Gasteiger charge is 2.63. The molecule has 2 N–H and O–H groups in total. The highest BCUT2D eigenvalue weighted by molar-refractivity contribution is 5.76. The number of fused-ring (bicyclic) bond motifs is 7. The van der Waals surface area contributed by atoms with Crippen LogP contribution in [0.2, 0.25) is 0 Å². The summed E-state index contributed by atoms with van der Waals surface area (Å²) < 4.78 is 0. The Morgan fingerprint density at radius 1 is 0.912 bits per heavy atom. The van der Waals surface area contributed by atoms with Crippen LogP contribution in [0.15, 0.2) is 11.6 Å². The monoisotopic (exact) mass is 470 g/mol. The second-order valence-electron chi connectivity index (χ2n) is 14.6. The SMILES string of the molecule is C[C@@H]1CC[C@]2(C(=O)O)CC[C@]3(C)C(=CC[C@H]4[C@@H]3CCCC3C(C)(C)[C@@H](O)CC[C@@]34C)[C@H]2C[C@H]1C. The number of rotatable bonds is 1. The summed E-state index contributed by atoms with van der Waals surface area (Å²) in [5, 5.41) is 21.5. The Bertz CT molecular complexity index is 859. The molecule has 0 amide bonds. The number of carboxylic acids is 1. The van der Waals surface area contributed by atoms with Gasteiger partial charge in [0.25, 0.3) is 0 Å². The van der Waals surface area contributed by atoms with Crippen molar-refractivity contribution in [2.75, 3.05) is 0 Å². The van der Waals surface area contributed by atoms with Gasteiger partial charge in [0.1, 0.15) is 0 Å². The van der Waals surface area contributed by atoms with E-state index in [1.165, 1.54) is 19.3 Å². The topological polar surface area (TPSA) is 57.5 Å². The van der Waals surface area contributed by atoms with Crippen molar-refractivity contribution in [1.82, 2.24) is 0 Å². The molecule has 1 unspecified atom stereocenters. The maximum Gasteiger partial charge on any atom is 0.310 e. The fourth-order valence-electron chi connectivity index (χ4n) is 10.5. The molecular formula is C31H50O3. The van der Waals surface area contributed by atoms with Crippen LogP contribution in [0.4, 0.5) is 0 Å². The molecule has 0 radical (unpaired) electrons. The van der Waals surface area contributed by atoms with Crippen molar-refractivity contribution in [3.8, 4) is 0 Å². The minimum absolute atomic E-state index is 0.0231. The van der Waals surface area contributed by atoms with E-state index in [2.05, 4.69) is 47.6 Å². The molecule has 34 heavy (non-hydrogen) atoms. The van der Waals surface area contributed by atoms with E-state index in [1.807, 2.05) is 0 Å². The second kappa shape index (κ2) is 8.09. The molecule has 3 heteroatoms. The van der Waals surface area contributed by atoms with Crippen LogP contribution >= 0.6 is 0 Å². The molecule has 5 rings (SSSR count). The van der Waals surface area contributed by atoms with E-state index in [4.69, 9.17) is 0 Å². The Morgan fingerprint density at radius 3 is 2.35 bits per heavy atom. The van der Waals surface area contributed by atoms with E-state index in [1.54, 1.807) is 5.57 Å². The van der Waals surface area contributed by atoms with Crippen molar-refractivity contribution in [1.29, 1.82) is 0 Å². The first kappa shape index (κ1) is 24.8. The van der Waals surface area contributed by atoms with Crippen LogP contribution in [0.5, 0.6) is 0 Å². The summed E-state index contributed by atoms with van der Waals surface area (Å²) in [7, 11) is 0.